The average Bonchev–Trinajstić information content (AvgIpc) is 2.54. The number of carbonyl (C=O) groups is 1. The molecule has 23 heavy (non-hydrogen) atoms. The lowest BCUT2D eigenvalue weighted by Gasteiger charge is -2.13. The maximum Gasteiger partial charge on any atom is 0.227 e. The molecule has 122 valence electrons. The molecule has 0 saturated carbocycles. The van der Waals surface area contributed by atoms with Gasteiger partial charge in [-0.2, -0.15) is 0 Å². The summed E-state index contributed by atoms with van der Waals surface area (Å²) in [5.41, 5.74) is 1.88. The molecule has 3 nitrogen and oxygen atoms in total. The van der Waals surface area contributed by atoms with Crippen molar-refractivity contribution in [2.24, 2.45) is 5.92 Å². The molecule has 0 saturated heterocycles. The van der Waals surface area contributed by atoms with E-state index in [1.807, 2.05) is 13.8 Å². The van der Waals surface area contributed by atoms with Crippen LogP contribution < -0.4 is 10.6 Å². The van der Waals surface area contributed by atoms with E-state index in [4.69, 9.17) is 0 Å². The topological polar surface area (TPSA) is 41.1 Å². The second-order valence-electron chi connectivity index (χ2n) is 5.33. The lowest BCUT2D eigenvalue weighted by atomic mass is 10.0. The van der Waals surface area contributed by atoms with Gasteiger partial charge in [0.2, 0.25) is 5.91 Å². The number of amides is 1. The fourth-order valence-electron chi connectivity index (χ4n) is 2.28. The van der Waals surface area contributed by atoms with E-state index in [1.165, 1.54) is 6.07 Å². The minimum Gasteiger partial charge on any atom is -0.355 e. The number of hydrogen-bond donors (Lipinski definition) is 2. The Hall–Kier alpha value is -2.43. The van der Waals surface area contributed by atoms with E-state index in [1.54, 1.807) is 24.3 Å². The Morgan fingerprint density at radius 3 is 2.04 bits per heavy atom. The maximum absolute atomic E-state index is 13.2. The molecule has 2 N–H and O–H groups in total. The molecule has 1 amide bonds. The highest BCUT2D eigenvalue weighted by molar-refractivity contribution is 5.92. The second-order valence-corrected chi connectivity index (χ2v) is 5.33. The first-order chi connectivity index (χ1) is 11.0. The molecule has 0 aliphatic heterocycles. The molecule has 0 fully saturated rings. The van der Waals surface area contributed by atoms with Crippen molar-refractivity contribution in [2.75, 3.05) is 10.6 Å². The normalized spacial score (nSPS) is 10.7. The average molecular weight is 318 g/mol. The highest BCUT2D eigenvalue weighted by Crippen LogP contribution is 2.21. The highest BCUT2D eigenvalue weighted by Gasteiger charge is 2.13. The Kier molecular flexibility index (Phi) is 5.68. The molecule has 0 atom stereocenters. The smallest absolute Gasteiger partial charge is 0.227 e. The van der Waals surface area contributed by atoms with Crippen LogP contribution in [0.1, 0.15) is 26.7 Å². The van der Waals surface area contributed by atoms with Crippen LogP contribution in [0.25, 0.3) is 0 Å². The van der Waals surface area contributed by atoms with Gasteiger partial charge in [0.15, 0.2) is 11.6 Å². The molecule has 0 aliphatic rings. The van der Waals surface area contributed by atoms with Gasteiger partial charge in [-0.3, -0.25) is 4.79 Å². The Balaban J connectivity index is 2.01. The van der Waals surface area contributed by atoms with Gasteiger partial charge in [-0.15, -0.1) is 0 Å². The van der Waals surface area contributed by atoms with Gasteiger partial charge < -0.3 is 10.6 Å². The lowest BCUT2D eigenvalue weighted by Crippen LogP contribution is -2.21. The molecule has 0 heterocycles. The van der Waals surface area contributed by atoms with E-state index in [-0.39, 0.29) is 11.8 Å². The van der Waals surface area contributed by atoms with Crippen LogP contribution in [0.15, 0.2) is 42.5 Å². The maximum atomic E-state index is 13.2. The van der Waals surface area contributed by atoms with Gasteiger partial charge in [0.1, 0.15) is 0 Å². The number of benzene rings is 2. The molecule has 0 bridgehead atoms. The van der Waals surface area contributed by atoms with Crippen molar-refractivity contribution in [3.05, 3.63) is 54.1 Å². The van der Waals surface area contributed by atoms with E-state index in [2.05, 4.69) is 10.6 Å². The van der Waals surface area contributed by atoms with Gasteiger partial charge in [-0.1, -0.05) is 13.8 Å². The fourth-order valence-corrected chi connectivity index (χ4v) is 2.28. The Morgan fingerprint density at radius 1 is 0.913 bits per heavy atom. The summed E-state index contributed by atoms with van der Waals surface area (Å²) >= 11 is 0. The molecule has 2 aromatic carbocycles. The number of anilines is 3. The molecule has 5 heteroatoms. The Labute approximate surface area is 134 Å². The monoisotopic (exact) mass is 318 g/mol. The Bertz CT molecular complexity index is 667. The fraction of sp³-hybridized carbons (Fsp3) is 0.278. The van der Waals surface area contributed by atoms with Crippen LogP contribution in [0.5, 0.6) is 0 Å². The van der Waals surface area contributed by atoms with Gasteiger partial charge >= 0.3 is 0 Å². The number of nitrogens with one attached hydrogen (secondary N) is 2. The zero-order valence-electron chi connectivity index (χ0n) is 13.2. The highest BCUT2D eigenvalue weighted by atomic mass is 19.2. The van der Waals surface area contributed by atoms with Crippen molar-refractivity contribution in [3.8, 4) is 0 Å². The number of halogens is 2. The first-order valence-electron chi connectivity index (χ1n) is 7.66. The summed E-state index contributed by atoms with van der Waals surface area (Å²) in [6, 6.07) is 10.7. The van der Waals surface area contributed by atoms with Crippen molar-refractivity contribution in [2.45, 2.75) is 26.7 Å². The van der Waals surface area contributed by atoms with Gasteiger partial charge in [-0.05, 0) is 49.2 Å². The standard InChI is InChI=1S/C18H20F2N2O/c1-3-12(4-2)18(23)22-14-7-5-13(6-8-14)21-15-9-10-16(19)17(20)11-15/h5-12,21H,3-4H2,1-2H3,(H,22,23). The summed E-state index contributed by atoms with van der Waals surface area (Å²) in [4.78, 5) is 12.0. The molecular formula is C18H20F2N2O. The molecule has 0 unspecified atom stereocenters. The zero-order valence-corrected chi connectivity index (χ0v) is 13.2. The first-order valence-corrected chi connectivity index (χ1v) is 7.66. The summed E-state index contributed by atoms with van der Waals surface area (Å²) in [5, 5.41) is 5.85. The third kappa shape index (κ3) is 4.52. The second kappa shape index (κ2) is 7.72. The third-order valence-electron chi connectivity index (χ3n) is 3.72. The van der Waals surface area contributed by atoms with Crippen LogP contribution in [0.3, 0.4) is 0 Å². The largest absolute Gasteiger partial charge is 0.355 e. The van der Waals surface area contributed by atoms with E-state index >= 15 is 0 Å². The van der Waals surface area contributed by atoms with Crippen LogP contribution in [0.4, 0.5) is 25.8 Å². The van der Waals surface area contributed by atoms with Gasteiger partial charge in [-0.25, -0.2) is 8.78 Å². The molecule has 0 radical (unpaired) electrons. The quantitative estimate of drug-likeness (QED) is 0.779. The van der Waals surface area contributed by atoms with Crippen molar-refractivity contribution in [1.82, 2.24) is 0 Å². The lowest BCUT2D eigenvalue weighted by molar-refractivity contribution is -0.120. The number of rotatable bonds is 6. The SMILES string of the molecule is CCC(CC)C(=O)Nc1ccc(Nc2ccc(F)c(F)c2)cc1. The molecule has 2 rings (SSSR count). The predicted molar refractivity (Wildman–Crippen MR) is 88.8 cm³/mol. The van der Waals surface area contributed by atoms with Crippen LogP contribution in [0, 0.1) is 17.6 Å². The molecular weight excluding hydrogens is 298 g/mol. The minimum atomic E-state index is -0.899. The van der Waals surface area contributed by atoms with Crippen LogP contribution in [0.2, 0.25) is 0 Å². The predicted octanol–water partition coefficient (Wildman–Crippen LogP) is 5.08. The van der Waals surface area contributed by atoms with E-state index in [9.17, 15) is 13.6 Å². The van der Waals surface area contributed by atoms with E-state index in [0.29, 0.717) is 11.4 Å². The molecule has 0 aliphatic carbocycles. The number of carbonyl (C=O) groups excluding carboxylic acids is 1. The minimum absolute atomic E-state index is 0.00925. The summed E-state index contributed by atoms with van der Waals surface area (Å²) in [5.74, 6) is -1.76. The van der Waals surface area contributed by atoms with Crippen LogP contribution in [-0.4, -0.2) is 5.91 Å². The van der Waals surface area contributed by atoms with Crippen molar-refractivity contribution < 1.29 is 13.6 Å². The van der Waals surface area contributed by atoms with Crippen LogP contribution >= 0.6 is 0 Å². The summed E-state index contributed by atoms with van der Waals surface area (Å²) in [7, 11) is 0. The summed E-state index contributed by atoms with van der Waals surface area (Å²) in [6.45, 7) is 3.98. The zero-order chi connectivity index (χ0) is 16.8. The van der Waals surface area contributed by atoms with Crippen molar-refractivity contribution >= 4 is 23.0 Å². The van der Waals surface area contributed by atoms with Crippen LogP contribution in [-0.2, 0) is 4.79 Å². The van der Waals surface area contributed by atoms with E-state index in [0.717, 1.165) is 30.7 Å². The molecule has 2 aromatic rings. The third-order valence-corrected chi connectivity index (χ3v) is 3.72. The van der Waals surface area contributed by atoms with E-state index < -0.39 is 11.6 Å². The molecule has 0 spiro atoms. The van der Waals surface area contributed by atoms with Gasteiger partial charge in [0.25, 0.3) is 0 Å². The number of hydrogen-bond acceptors (Lipinski definition) is 2. The van der Waals surface area contributed by atoms with Crippen molar-refractivity contribution in [1.29, 1.82) is 0 Å². The Morgan fingerprint density at radius 2 is 1.48 bits per heavy atom. The van der Waals surface area contributed by atoms with Gasteiger partial charge in [0.05, 0.1) is 0 Å². The van der Waals surface area contributed by atoms with Crippen molar-refractivity contribution in [3.63, 3.8) is 0 Å². The molecule has 0 aromatic heterocycles. The summed E-state index contributed by atoms with van der Waals surface area (Å²) < 4.78 is 26.1. The first kappa shape index (κ1) is 16.9. The van der Waals surface area contributed by atoms with Gasteiger partial charge in [0, 0.05) is 29.0 Å². The summed E-state index contributed by atoms with van der Waals surface area (Å²) in [6.07, 6.45) is 1.61.